The minimum Gasteiger partial charge on any atom is -0.454 e. The Kier molecular flexibility index (Phi) is 5.31. The van der Waals surface area contributed by atoms with Crippen molar-refractivity contribution in [1.29, 1.82) is 0 Å². The summed E-state index contributed by atoms with van der Waals surface area (Å²) in [5.41, 5.74) is 0.615. The molecule has 0 spiro atoms. The maximum Gasteiger partial charge on any atom is 0.245 e. The molecule has 134 valence electrons. The van der Waals surface area contributed by atoms with Crippen LogP contribution < -0.4 is 10.1 Å². The van der Waals surface area contributed by atoms with Gasteiger partial charge in [-0.05, 0) is 48.9 Å². The highest BCUT2D eigenvalue weighted by molar-refractivity contribution is 5.94. The fourth-order valence-corrected chi connectivity index (χ4v) is 2.81. The molecule has 1 saturated heterocycles. The van der Waals surface area contributed by atoms with Crippen LogP contribution in [0.25, 0.3) is 0 Å². The maximum absolute atomic E-state index is 13.6. The van der Waals surface area contributed by atoms with E-state index < -0.39 is 5.82 Å². The summed E-state index contributed by atoms with van der Waals surface area (Å²) in [5, 5.41) is 2.83. The van der Waals surface area contributed by atoms with E-state index in [4.69, 9.17) is 4.74 Å². The second-order valence-electron chi connectivity index (χ2n) is 6.02. The highest BCUT2D eigenvalue weighted by Crippen LogP contribution is 2.26. The first-order valence-corrected chi connectivity index (χ1v) is 8.31. The number of carbonyl (C=O) groups excluding carboxylic acids is 2. The quantitative estimate of drug-likeness (QED) is 0.835. The lowest BCUT2D eigenvalue weighted by Crippen LogP contribution is -2.30. The minimum atomic E-state index is -0.440. The zero-order valence-corrected chi connectivity index (χ0v) is 14.2. The van der Waals surface area contributed by atoms with Gasteiger partial charge >= 0.3 is 0 Å². The molecule has 0 aliphatic carbocycles. The zero-order valence-electron chi connectivity index (χ0n) is 14.2. The van der Waals surface area contributed by atoms with Gasteiger partial charge in [-0.15, -0.1) is 0 Å². The molecule has 1 unspecified atom stereocenters. The maximum atomic E-state index is 13.6. The summed E-state index contributed by atoms with van der Waals surface area (Å²) in [4.78, 5) is 25.5. The van der Waals surface area contributed by atoms with Gasteiger partial charge in [0, 0.05) is 18.8 Å². The molecule has 1 atom stereocenters. The molecule has 2 aromatic carbocycles. The summed E-state index contributed by atoms with van der Waals surface area (Å²) < 4.78 is 19.1. The summed E-state index contributed by atoms with van der Waals surface area (Å²) in [6.45, 7) is 4.41. The van der Waals surface area contributed by atoms with Crippen molar-refractivity contribution in [1.82, 2.24) is 4.90 Å². The fraction of sp³-hybridized carbons (Fsp3) is 0.200. The molecule has 0 saturated carbocycles. The summed E-state index contributed by atoms with van der Waals surface area (Å²) in [5.74, 6) is -0.362. The first-order valence-electron chi connectivity index (χ1n) is 8.31. The van der Waals surface area contributed by atoms with E-state index in [1.807, 2.05) is 0 Å². The van der Waals surface area contributed by atoms with Crippen LogP contribution in [0.4, 0.5) is 10.1 Å². The lowest BCUT2D eigenvalue weighted by molar-refractivity contribution is -0.125. The van der Waals surface area contributed by atoms with E-state index in [0.29, 0.717) is 30.9 Å². The Morgan fingerprint density at radius 3 is 2.62 bits per heavy atom. The Bertz CT molecular complexity index is 820. The number of hydrogen-bond donors (Lipinski definition) is 1. The first kappa shape index (κ1) is 17.7. The van der Waals surface area contributed by atoms with Gasteiger partial charge in [0.15, 0.2) is 11.6 Å². The Balaban J connectivity index is 1.57. The van der Waals surface area contributed by atoms with Crippen LogP contribution in [0.5, 0.6) is 11.5 Å². The Hall–Kier alpha value is -3.15. The smallest absolute Gasteiger partial charge is 0.245 e. The number of rotatable bonds is 5. The average Bonchev–Trinajstić information content (AvgIpc) is 3.15. The number of para-hydroxylation sites is 1. The molecule has 3 rings (SSSR count). The molecule has 5 nitrogen and oxygen atoms in total. The second kappa shape index (κ2) is 7.82. The van der Waals surface area contributed by atoms with Gasteiger partial charge in [-0.25, -0.2) is 4.39 Å². The van der Waals surface area contributed by atoms with Gasteiger partial charge in [0.05, 0.1) is 5.92 Å². The number of halogens is 1. The predicted octanol–water partition coefficient (Wildman–Crippen LogP) is 3.59. The van der Waals surface area contributed by atoms with E-state index in [9.17, 15) is 14.0 Å². The number of likely N-dealkylation sites (tertiary alicyclic amines) is 1. The number of hydrogen-bond acceptors (Lipinski definition) is 3. The summed E-state index contributed by atoms with van der Waals surface area (Å²) in [7, 11) is 0. The van der Waals surface area contributed by atoms with Crippen molar-refractivity contribution in [3.05, 3.63) is 67.0 Å². The van der Waals surface area contributed by atoms with E-state index in [1.165, 1.54) is 12.1 Å². The molecule has 2 amide bonds. The van der Waals surface area contributed by atoms with Crippen molar-refractivity contribution >= 4 is 17.5 Å². The Morgan fingerprint density at radius 2 is 1.92 bits per heavy atom. The predicted molar refractivity (Wildman–Crippen MR) is 96.4 cm³/mol. The van der Waals surface area contributed by atoms with E-state index >= 15 is 0 Å². The topological polar surface area (TPSA) is 58.6 Å². The van der Waals surface area contributed by atoms with Crippen LogP contribution in [0.3, 0.4) is 0 Å². The molecule has 6 heteroatoms. The molecular weight excluding hydrogens is 335 g/mol. The molecule has 1 aliphatic heterocycles. The number of anilines is 1. The lowest BCUT2D eigenvalue weighted by Gasteiger charge is -2.14. The molecule has 0 bridgehead atoms. The van der Waals surface area contributed by atoms with Crippen molar-refractivity contribution in [3.8, 4) is 11.5 Å². The SMILES string of the molecule is C=CC(=O)N1CCC(C(=O)Nc2ccc(Oc3ccccc3F)cc2)C1. The van der Waals surface area contributed by atoms with Crippen molar-refractivity contribution in [3.63, 3.8) is 0 Å². The standard InChI is InChI=1S/C20H19FN2O3/c1-2-19(24)23-12-11-14(13-23)20(25)22-15-7-9-16(10-8-15)26-18-6-4-3-5-17(18)21/h2-10,14H,1,11-13H2,(H,22,25). The van der Waals surface area contributed by atoms with Crippen LogP contribution in [0.15, 0.2) is 61.2 Å². The van der Waals surface area contributed by atoms with Crippen LogP contribution in [0.1, 0.15) is 6.42 Å². The van der Waals surface area contributed by atoms with Crippen molar-refractivity contribution in [2.75, 3.05) is 18.4 Å². The highest BCUT2D eigenvalue weighted by atomic mass is 19.1. The molecule has 1 fully saturated rings. The Labute approximate surface area is 151 Å². The number of ether oxygens (including phenoxy) is 1. The van der Waals surface area contributed by atoms with Gasteiger partial charge in [-0.2, -0.15) is 0 Å². The molecule has 1 heterocycles. The van der Waals surface area contributed by atoms with E-state index in [1.54, 1.807) is 47.4 Å². The molecule has 1 aliphatic rings. The average molecular weight is 354 g/mol. The second-order valence-corrected chi connectivity index (χ2v) is 6.02. The van der Waals surface area contributed by atoms with Gasteiger partial charge in [0.1, 0.15) is 5.75 Å². The third-order valence-electron chi connectivity index (χ3n) is 4.23. The van der Waals surface area contributed by atoms with Crippen molar-refractivity contribution in [2.45, 2.75) is 6.42 Å². The minimum absolute atomic E-state index is 0.132. The van der Waals surface area contributed by atoms with E-state index in [2.05, 4.69) is 11.9 Å². The Morgan fingerprint density at radius 1 is 1.19 bits per heavy atom. The number of nitrogens with one attached hydrogen (secondary N) is 1. The van der Waals surface area contributed by atoms with Crippen LogP contribution in [0.2, 0.25) is 0 Å². The third kappa shape index (κ3) is 4.08. The molecule has 2 aromatic rings. The fourth-order valence-electron chi connectivity index (χ4n) is 2.81. The number of benzene rings is 2. The van der Waals surface area contributed by atoms with Crippen LogP contribution in [-0.4, -0.2) is 29.8 Å². The van der Waals surface area contributed by atoms with Gasteiger partial charge < -0.3 is 15.0 Å². The van der Waals surface area contributed by atoms with E-state index in [-0.39, 0.29) is 23.5 Å². The van der Waals surface area contributed by atoms with Crippen molar-refractivity contribution in [2.24, 2.45) is 5.92 Å². The highest BCUT2D eigenvalue weighted by Gasteiger charge is 2.30. The largest absolute Gasteiger partial charge is 0.454 e. The van der Waals surface area contributed by atoms with Crippen LogP contribution in [0, 0.1) is 11.7 Å². The monoisotopic (exact) mass is 354 g/mol. The first-order chi connectivity index (χ1) is 12.6. The van der Waals surface area contributed by atoms with Crippen molar-refractivity contribution < 1.29 is 18.7 Å². The molecule has 26 heavy (non-hydrogen) atoms. The van der Waals surface area contributed by atoms with Gasteiger partial charge in [-0.1, -0.05) is 18.7 Å². The lowest BCUT2D eigenvalue weighted by atomic mass is 10.1. The summed E-state index contributed by atoms with van der Waals surface area (Å²) in [6, 6.07) is 12.8. The van der Waals surface area contributed by atoms with Crippen LogP contribution >= 0.6 is 0 Å². The zero-order chi connectivity index (χ0) is 18.5. The number of nitrogens with zero attached hydrogens (tertiary/aromatic N) is 1. The number of amides is 2. The molecule has 0 aromatic heterocycles. The molecular formula is C20H19FN2O3. The van der Waals surface area contributed by atoms with Crippen LogP contribution in [-0.2, 0) is 9.59 Å². The summed E-state index contributed by atoms with van der Waals surface area (Å²) >= 11 is 0. The van der Waals surface area contributed by atoms with E-state index in [0.717, 1.165) is 0 Å². The normalized spacial score (nSPS) is 16.2. The van der Waals surface area contributed by atoms with Gasteiger partial charge in [0.25, 0.3) is 0 Å². The summed E-state index contributed by atoms with van der Waals surface area (Å²) in [6.07, 6.45) is 1.88. The molecule has 1 N–H and O–H groups in total. The third-order valence-corrected chi connectivity index (χ3v) is 4.23. The van der Waals surface area contributed by atoms with Gasteiger partial charge in [0.2, 0.25) is 11.8 Å². The number of carbonyl (C=O) groups is 2. The van der Waals surface area contributed by atoms with Gasteiger partial charge in [-0.3, -0.25) is 9.59 Å². The molecule has 0 radical (unpaired) electrons.